The van der Waals surface area contributed by atoms with Gasteiger partial charge in [0.1, 0.15) is 0 Å². The predicted molar refractivity (Wildman–Crippen MR) is 63.9 cm³/mol. The van der Waals surface area contributed by atoms with Crippen molar-refractivity contribution in [1.29, 1.82) is 0 Å². The van der Waals surface area contributed by atoms with Crippen molar-refractivity contribution in [2.45, 2.75) is 59.0 Å². The second kappa shape index (κ2) is 3.97. The van der Waals surface area contributed by atoms with Crippen LogP contribution in [0, 0.1) is 0 Å². The Labute approximate surface area is 92.7 Å². The van der Waals surface area contributed by atoms with Gasteiger partial charge in [-0.05, 0) is 33.6 Å². The highest BCUT2D eigenvalue weighted by Crippen LogP contribution is 2.28. The Kier molecular flexibility index (Phi) is 3.24. The molecule has 0 radical (unpaired) electrons. The van der Waals surface area contributed by atoms with Crippen LogP contribution in [-0.4, -0.2) is 9.78 Å². The summed E-state index contributed by atoms with van der Waals surface area (Å²) in [6, 6.07) is 0.0542. The zero-order chi connectivity index (χ0) is 11.8. The minimum Gasteiger partial charge on any atom is -0.324 e. The molecule has 0 aliphatic carbocycles. The lowest BCUT2D eigenvalue weighted by atomic mass is 9.99. The molecule has 3 nitrogen and oxygen atoms in total. The van der Waals surface area contributed by atoms with Crippen LogP contribution in [0.15, 0.2) is 6.20 Å². The van der Waals surface area contributed by atoms with E-state index in [4.69, 9.17) is 5.73 Å². The smallest absolute Gasteiger partial charge is 0.0546 e. The summed E-state index contributed by atoms with van der Waals surface area (Å²) >= 11 is 0. The molecule has 0 amide bonds. The predicted octanol–water partition coefficient (Wildman–Crippen LogP) is 2.78. The van der Waals surface area contributed by atoms with Crippen molar-refractivity contribution < 1.29 is 0 Å². The molecule has 1 rings (SSSR count). The lowest BCUT2D eigenvalue weighted by molar-refractivity contribution is 0.338. The van der Waals surface area contributed by atoms with Crippen molar-refractivity contribution in [1.82, 2.24) is 9.78 Å². The molecule has 0 aliphatic rings. The van der Waals surface area contributed by atoms with E-state index in [9.17, 15) is 0 Å². The van der Waals surface area contributed by atoms with Crippen LogP contribution >= 0.6 is 0 Å². The van der Waals surface area contributed by atoms with Crippen LogP contribution in [0.1, 0.15) is 64.8 Å². The summed E-state index contributed by atoms with van der Waals surface area (Å²) < 4.78 is 2.09. The Bertz CT molecular complexity index is 329. The zero-order valence-corrected chi connectivity index (χ0v) is 10.7. The summed E-state index contributed by atoms with van der Waals surface area (Å²) in [6.45, 7) is 12.9. The third-order valence-electron chi connectivity index (χ3n) is 2.51. The Hall–Kier alpha value is -0.830. The van der Waals surface area contributed by atoms with E-state index in [0.29, 0.717) is 5.92 Å². The molecule has 1 unspecified atom stereocenters. The molecule has 3 heteroatoms. The highest BCUT2D eigenvalue weighted by molar-refractivity contribution is 5.25. The molecule has 0 aromatic carbocycles. The molecule has 0 saturated carbocycles. The first-order valence-corrected chi connectivity index (χ1v) is 5.59. The van der Waals surface area contributed by atoms with Gasteiger partial charge in [0.05, 0.1) is 11.7 Å². The highest BCUT2D eigenvalue weighted by Gasteiger charge is 2.23. The lowest BCUT2D eigenvalue weighted by Gasteiger charge is -2.25. The van der Waals surface area contributed by atoms with E-state index < -0.39 is 0 Å². The van der Waals surface area contributed by atoms with Gasteiger partial charge in [0.15, 0.2) is 0 Å². The zero-order valence-electron chi connectivity index (χ0n) is 10.7. The summed E-state index contributed by atoms with van der Waals surface area (Å²) in [5, 5.41) is 4.47. The van der Waals surface area contributed by atoms with E-state index in [-0.39, 0.29) is 11.6 Å². The third kappa shape index (κ3) is 2.40. The van der Waals surface area contributed by atoms with Gasteiger partial charge >= 0.3 is 0 Å². The lowest BCUT2D eigenvalue weighted by Crippen LogP contribution is -2.26. The van der Waals surface area contributed by atoms with Gasteiger partial charge in [0.2, 0.25) is 0 Å². The summed E-state index contributed by atoms with van der Waals surface area (Å²) in [5.41, 5.74) is 8.40. The Morgan fingerprint density at radius 1 is 1.27 bits per heavy atom. The van der Waals surface area contributed by atoms with E-state index >= 15 is 0 Å². The largest absolute Gasteiger partial charge is 0.324 e. The normalized spacial score (nSPS) is 14.7. The number of nitrogens with zero attached hydrogens (tertiary/aromatic N) is 2. The molecular weight excluding hydrogens is 186 g/mol. The van der Waals surface area contributed by atoms with Crippen LogP contribution in [0.25, 0.3) is 0 Å². The van der Waals surface area contributed by atoms with Crippen LogP contribution in [-0.2, 0) is 5.54 Å². The van der Waals surface area contributed by atoms with Crippen molar-refractivity contribution in [3.05, 3.63) is 17.5 Å². The Morgan fingerprint density at radius 2 is 1.80 bits per heavy atom. The van der Waals surface area contributed by atoms with Gasteiger partial charge in [-0.3, -0.25) is 4.68 Å². The Morgan fingerprint density at radius 3 is 2.13 bits per heavy atom. The van der Waals surface area contributed by atoms with Crippen molar-refractivity contribution in [2.75, 3.05) is 0 Å². The fraction of sp³-hybridized carbons (Fsp3) is 0.750. The average Bonchev–Trinajstić information content (AvgIpc) is 2.45. The quantitative estimate of drug-likeness (QED) is 0.814. The molecule has 0 aliphatic heterocycles. The van der Waals surface area contributed by atoms with Crippen molar-refractivity contribution in [3.63, 3.8) is 0 Å². The first-order valence-electron chi connectivity index (χ1n) is 5.59. The molecule has 0 fully saturated rings. The van der Waals surface area contributed by atoms with E-state index in [1.807, 2.05) is 13.1 Å². The number of rotatable bonds is 2. The van der Waals surface area contributed by atoms with E-state index in [2.05, 4.69) is 44.4 Å². The maximum Gasteiger partial charge on any atom is 0.0546 e. The van der Waals surface area contributed by atoms with Crippen molar-refractivity contribution >= 4 is 0 Å². The Balaban J connectivity index is 3.31. The van der Waals surface area contributed by atoms with Gasteiger partial charge in [-0.2, -0.15) is 5.10 Å². The molecule has 1 atom stereocenters. The molecule has 0 saturated heterocycles. The monoisotopic (exact) mass is 209 g/mol. The molecule has 0 bridgehead atoms. The number of nitrogens with two attached hydrogens (primary N) is 1. The fourth-order valence-electron chi connectivity index (χ4n) is 1.83. The molecule has 1 aromatic heterocycles. The van der Waals surface area contributed by atoms with Crippen LogP contribution in [0.3, 0.4) is 0 Å². The van der Waals surface area contributed by atoms with E-state index in [0.717, 1.165) is 0 Å². The minimum absolute atomic E-state index is 0.0206. The summed E-state index contributed by atoms with van der Waals surface area (Å²) in [7, 11) is 0. The van der Waals surface area contributed by atoms with Gasteiger partial charge in [0, 0.05) is 17.3 Å². The molecule has 0 spiro atoms. The van der Waals surface area contributed by atoms with Gasteiger partial charge in [-0.1, -0.05) is 13.8 Å². The topological polar surface area (TPSA) is 43.8 Å². The second-order valence-electron chi connectivity index (χ2n) is 5.51. The molecular formula is C12H23N3. The van der Waals surface area contributed by atoms with Crippen molar-refractivity contribution in [3.8, 4) is 0 Å². The average molecular weight is 209 g/mol. The van der Waals surface area contributed by atoms with E-state index in [1.165, 1.54) is 11.3 Å². The first-order chi connectivity index (χ1) is 6.75. The standard InChI is InChI=1S/C12H23N3/c1-8(2)11-10(9(3)13)7-14-15(11)12(4,5)6/h7-9H,13H2,1-6H3. The maximum atomic E-state index is 5.96. The molecule has 2 N–H and O–H groups in total. The number of hydrogen-bond acceptors (Lipinski definition) is 2. The van der Waals surface area contributed by atoms with Crippen LogP contribution in [0.4, 0.5) is 0 Å². The van der Waals surface area contributed by atoms with Crippen LogP contribution < -0.4 is 5.73 Å². The molecule has 1 aromatic rings. The third-order valence-corrected chi connectivity index (χ3v) is 2.51. The first kappa shape index (κ1) is 12.2. The van der Waals surface area contributed by atoms with Crippen molar-refractivity contribution in [2.24, 2.45) is 5.73 Å². The summed E-state index contributed by atoms with van der Waals surface area (Å²) in [6.07, 6.45) is 1.91. The SMILES string of the molecule is CC(C)c1c(C(C)N)cnn1C(C)(C)C. The fourth-order valence-corrected chi connectivity index (χ4v) is 1.83. The minimum atomic E-state index is 0.0206. The van der Waals surface area contributed by atoms with Crippen LogP contribution in [0.2, 0.25) is 0 Å². The van der Waals surface area contributed by atoms with E-state index in [1.54, 1.807) is 0 Å². The van der Waals surface area contributed by atoms with Gasteiger partial charge in [-0.25, -0.2) is 0 Å². The molecule has 1 heterocycles. The van der Waals surface area contributed by atoms with Gasteiger partial charge in [0.25, 0.3) is 0 Å². The van der Waals surface area contributed by atoms with Gasteiger partial charge in [-0.15, -0.1) is 0 Å². The number of aromatic nitrogens is 2. The number of hydrogen-bond donors (Lipinski definition) is 1. The van der Waals surface area contributed by atoms with Crippen LogP contribution in [0.5, 0.6) is 0 Å². The maximum absolute atomic E-state index is 5.96. The van der Waals surface area contributed by atoms with Gasteiger partial charge < -0.3 is 5.73 Å². The molecule has 15 heavy (non-hydrogen) atoms. The molecule has 86 valence electrons. The summed E-state index contributed by atoms with van der Waals surface area (Å²) in [5.74, 6) is 0.452. The second-order valence-corrected chi connectivity index (χ2v) is 5.51. The summed E-state index contributed by atoms with van der Waals surface area (Å²) in [4.78, 5) is 0. The highest BCUT2D eigenvalue weighted by atomic mass is 15.3.